The van der Waals surface area contributed by atoms with Gasteiger partial charge in [-0.1, -0.05) is 12.1 Å². The first kappa shape index (κ1) is 22.7. The number of carbonyl (C=O) groups is 4. The fourth-order valence-corrected chi connectivity index (χ4v) is 3.42. The van der Waals surface area contributed by atoms with Crippen molar-refractivity contribution in [1.29, 1.82) is 0 Å². The molecule has 0 unspecified atom stereocenters. The van der Waals surface area contributed by atoms with Gasteiger partial charge in [0.25, 0.3) is 5.91 Å². The van der Waals surface area contributed by atoms with Gasteiger partial charge in [-0.2, -0.15) is 0 Å². The van der Waals surface area contributed by atoms with E-state index in [4.69, 9.17) is 9.84 Å². The third-order valence-corrected chi connectivity index (χ3v) is 5.04. The van der Waals surface area contributed by atoms with Gasteiger partial charge in [0, 0.05) is 18.7 Å². The van der Waals surface area contributed by atoms with Crippen molar-refractivity contribution in [3.05, 3.63) is 72.1 Å². The maximum Gasteiger partial charge on any atom is 0.328 e. The Morgan fingerprint density at radius 3 is 2.38 bits per heavy atom. The number of ether oxygens (including phenoxy) is 1. The molecule has 0 aliphatic carbocycles. The molecule has 1 fully saturated rings. The van der Waals surface area contributed by atoms with Gasteiger partial charge < -0.3 is 14.7 Å². The highest BCUT2D eigenvalue weighted by Crippen LogP contribution is 2.26. The predicted molar refractivity (Wildman–Crippen MR) is 112 cm³/mol. The van der Waals surface area contributed by atoms with E-state index in [0.29, 0.717) is 18.2 Å². The second-order valence-electron chi connectivity index (χ2n) is 7.07. The van der Waals surface area contributed by atoms with Crippen LogP contribution in [0.1, 0.15) is 12.0 Å². The van der Waals surface area contributed by atoms with Crippen LogP contribution in [-0.4, -0.2) is 53.4 Å². The number of hydrogen-bond donors (Lipinski definition) is 1. The molecule has 2 aromatic rings. The van der Waals surface area contributed by atoms with Crippen LogP contribution >= 0.6 is 0 Å². The first-order chi connectivity index (χ1) is 15.3. The number of imide groups is 1. The number of benzene rings is 2. The van der Waals surface area contributed by atoms with Gasteiger partial charge in [0.05, 0.1) is 19.2 Å². The minimum absolute atomic E-state index is 0.0794. The van der Waals surface area contributed by atoms with Crippen LogP contribution < -0.4 is 9.64 Å². The zero-order valence-corrected chi connectivity index (χ0v) is 17.2. The van der Waals surface area contributed by atoms with Crippen molar-refractivity contribution in [1.82, 2.24) is 4.90 Å². The lowest BCUT2D eigenvalue weighted by atomic mass is 10.1. The number of anilines is 1. The largest absolute Gasteiger partial charge is 0.497 e. The SMILES string of the molecule is COc1ccc(CCN(C(=O)/C=C\C(=O)O)[C@@H]2CC(=O)N(c3ccc(F)cc3)C2=O)cc1. The molecule has 32 heavy (non-hydrogen) atoms. The minimum Gasteiger partial charge on any atom is -0.497 e. The van der Waals surface area contributed by atoms with E-state index in [0.717, 1.165) is 28.7 Å². The van der Waals surface area contributed by atoms with E-state index in [2.05, 4.69) is 0 Å². The van der Waals surface area contributed by atoms with Crippen LogP contribution in [0, 0.1) is 5.82 Å². The molecule has 3 rings (SSSR count). The van der Waals surface area contributed by atoms with Gasteiger partial charge >= 0.3 is 5.97 Å². The van der Waals surface area contributed by atoms with E-state index >= 15 is 0 Å². The fraction of sp³-hybridized carbons (Fsp3) is 0.217. The molecular formula is C23H21FN2O6. The second-order valence-corrected chi connectivity index (χ2v) is 7.07. The molecule has 0 radical (unpaired) electrons. The second kappa shape index (κ2) is 9.86. The van der Waals surface area contributed by atoms with Crippen LogP contribution in [0.3, 0.4) is 0 Å². The molecule has 2 aromatic carbocycles. The number of amides is 3. The summed E-state index contributed by atoms with van der Waals surface area (Å²) in [4.78, 5) is 51.3. The molecule has 0 bridgehead atoms. The van der Waals surface area contributed by atoms with E-state index in [9.17, 15) is 23.6 Å². The monoisotopic (exact) mass is 440 g/mol. The van der Waals surface area contributed by atoms with Crippen molar-refractivity contribution in [3.8, 4) is 5.75 Å². The number of methoxy groups -OCH3 is 1. The summed E-state index contributed by atoms with van der Waals surface area (Å²) < 4.78 is 18.3. The highest BCUT2D eigenvalue weighted by Gasteiger charge is 2.43. The van der Waals surface area contributed by atoms with Crippen LogP contribution in [0.5, 0.6) is 5.75 Å². The standard InChI is InChI=1S/C23H21FN2O6/c1-32-18-8-2-15(3-9-18)12-13-25(20(27)10-11-22(29)30)19-14-21(28)26(23(19)31)17-6-4-16(24)5-7-17/h2-11,19H,12-14H2,1H3,(H,29,30)/b11-10-/t19-/m1/s1. The van der Waals surface area contributed by atoms with E-state index in [-0.39, 0.29) is 18.7 Å². The molecule has 166 valence electrons. The summed E-state index contributed by atoms with van der Waals surface area (Å²) in [5.74, 6) is -3.02. The summed E-state index contributed by atoms with van der Waals surface area (Å²) in [6, 6.07) is 10.9. The third kappa shape index (κ3) is 5.18. The Kier molecular flexibility index (Phi) is 6.99. The minimum atomic E-state index is -1.31. The molecule has 8 nitrogen and oxygen atoms in total. The highest BCUT2D eigenvalue weighted by atomic mass is 19.1. The van der Waals surface area contributed by atoms with Crippen LogP contribution in [-0.2, 0) is 25.6 Å². The number of nitrogens with zero attached hydrogens (tertiary/aromatic N) is 2. The quantitative estimate of drug-likeness (QED) is 0.499. The van der Waals surface area contributed by atoms with Crippen LogP contribution in [0.25, 0.3) is 0 Å². The first-order valence-corrected chi connectivity index (χ1v) is 9.77. The molecule has 1 saturated heterocycles. The van der Waals surface area contributed by atoms with Gasteiger partial charge in [0.2, 0.25) is 11.8 Å². The number of carboxylic acids is 1. The Hall–Kier alpha value is -4.01. The van der Waals surface area contributed by atoms with E-state index in [1.165, 1.54) is 17.0 Å². The van der Waals surface area contributed by atoms with Crippen molar-refractivity contribution < 1.29 is 33.4 Å². The maximum atomic E-state index is 13.2. The normalized spacial score (nSPS) is 15.9. The Labute approximate surface area is 183 Å². The lowest BCUT2D eigenvalue weighted by Gasteiger charge is -2.26. The van der Waals surface area contributed by atoms with Gasteiger partial charge in [-0.15, -0.1) is 0 Å². The maximum absolute atomic E-state index is 13.2. The molecule has 1 heterocycles. The van der Waals surface area contributed by atoms with Crippen LogP contribution in [0.2, 0.25) is 0 Å². The smallest absolute Gasteiger partial charge is 0.328 e. The molecule has 1 atom stereocenters. The number of rotatable bonds is 8. The summed E-state index contributed by atoms with van der Waals surface area (Å²) >= 11 is 0. The summed E-state index contributed by atoms with van der Waals surface area (Å²) in [5.41, 5.74) is 1.06. The molecule has 0 saturated carbocycles. The van der Waals surface area contributed by atoms with Gasteiger partial charge in [0.15, 0.2) is 0 Å². The highest BCUT2D eigenvalue weighted by molar-refractivity contribution is 6.23. The van der Waals surface area contributed by atoms with Crippen molar-refractivity contribution in [3.63, 3.8) is 0 Å². The topological polar surface area (TPSA) is 104 Å². The zero-order valence-electron chi connectivity index (χ0n) is 17.2. The lowest BCUT2D eigenvalue weighted by molar-refractivity contribution is -0.135. The Morgan fingerprint density at radius 2 is 1.78 bits per heavy atom. The van der Waals surface area contributed by atoms with Crippen molar-refractivity contribution in [2.45, 2.75) is 18.9 Å². The van der Waals surface area contributed by atoms with E-state index < -0.39 is 35.5 Å². The van der Waals surface area contributed by atoms with Gasteiger partial charge in [-0.3, -0.25) is 14.4 Å². The Morgan fingerprint density at radius 1 is 1.12 bits per heavy atom. The van der Waals surface area contributed by atoms with Gasteiger partial charge in [-0.25, -0.2) is 14.1 Å². The Bertz CT molecular complexity index is 1050. The van der Waals surface area contributed by atoms with Crippen LogP contribution in [0.15, 0.2) is 60.7 Å². The molecule has 1 N–H and O–H groups in total. The van der Waals surface area contributed by atoms with E-state index in [1.54, 1.807) is 31.4 Å². The van der Waals surface area contributed by atoms with Crippen molar-refractivity contribution >= 4 is 29.4 Å². The average Bonchev–Trinajstić information content (AvgIpc) is 3.07. The molecule has 9 heteroatoms. The predicted octanol–water partition coefficient (Wildman–Crippen LogP) is 2.18. The molecule has 0 aromatic heterocycles. The number of hydrogen-bond acceptors (Lipinski definition) is 5. The number of carbonyl (C=O) groups excluding carboxylic acids is 3. The molecule has 3 amide bonds. The van der Waals surface area contributed by atoms with E-state index in [1.807, 2.05) is 0 Å². The van der Waals surface area contributed by atoms with Gasteiger partial charge in [0.1, 0.15) is 17.6 Å². The molecular weight excluding hydrogens is 419 g/mol. The van der Waals surface area contributed by atoms with Crippen molar-refractivity contribution in [2.24, 2.45) is 0 Å². The number of aliphatic carboxylic acids is 1. The van der Waals surface area contributed by atoms with Crippen LogP contribution in [0.4, 0.5) is 10.1 Å². The summed E-state index contributed by atoms with van der Waals surface area (Å²) in [6.07, 6.45) is 1.65. The Balaban J connectivity index is 1.83. The summed E-state index contributed by atoms with van der Waals surface area (Å²) in [7, 11) is 1.54. The first-order valence-electron chi connectivity index (χ1n) is 9.77. The molecule has 1 aliphatic heterocycles. The number of carboxylic acid groups (broad SMARTS) is 1. The summed E-state index contributed by atoms with van der Waals surface area (Å²) in [6.45, 7) is 0.0794. The zero-order chi connectivity index (χ0) is 23.3. The lowest BCUT2D eigenvalue weighted by Crippen LogP contribution is -2.46. The average molecular weight is 440 g/mol. The third-order valence-electron chi connectivity index (χ3n) is 5.04. The molecule has 1 aliphatic rings. The van der Waals surface area contributed by atoms with Crippen molar-refractivity contribution in [2.75, 3.05) is 18.6 Å². The summed E-state index contributed by atoms with van der Waals surface area (Å²) in [5, 5.41) is 8.84. The molecule has 0 spiro atoms. The van der Waals surface area contributed by atoms with Gasteiger partial charge in [-0.05, 0) is 48.4 Å². The number of halogens is 1. The fourth-order valence-electron chi connectivity index (χ4n) is 3.42.